The molecule has 1 saturated heterocycles. The number of hydrogen-bond acceptors (Lipinski definition) is 3. The number of halogens is 2. The van der Waals surface area contributed by atoms with Gasteiger partial charge in [0, 0.05) is 31.2 Å². The van der Waals surface area contributed by atoms with E-state index in [1.165, 1.54) is 0 Å². The number of hydrogen-bond donors (Lipinski definition) is 0. The van der Waals surface area contributed by atoms with Gasteiger partial charge in [0.2, 0.25) is 0 Å². The Labute approximate surface area is 150 Å². The highest BCUT2D eigenvalue weighted by molar-refractivity contribution is 6.36. The number of ether oxygens (including phenoxy) is 1. The van der Waals surface area contributed by atoms with E-state index < -0.39 is 0 Å². The molecule has 0 aromatic heterocycles. The third-order valence-electron chi connectivity index (χ3n) is 4.16. The van der Waals surface area contributed by atoms with Crippen LogP contribution in [0, 0.1) is 0 Å². The molecule has 1 aromatic carbocycles. The SMILES string of the molecule is O=C(C1=CCCCO1)N1CCN(C(=O)c2ccc(Cl)cc2Cl)CC1. The Kier molecular flexibility index (Phi) is 5.31. The molecule has 0 spiro atoms. The van der Waals surface area contributed by atoms with E-state index in [0.29, 0.717) is 54.2 Å². The van der Waals surface area contributed by atoms with Crippen molar-refractivity contribution in [1.82, 2.24) is 9.80 Å². The van der Waals surface area contributed by atoms with Gasteiger partial charge in [0.15, 0.2) is 5.76 Å². The number of amides is 2. The van der Waals surface area contributed by atoms with Crippen molar-refractivity contribution in [3.8, 4) is 0 Å². The first-order valence-corrected chi connectivity index (χ1v) is 8.68. The van der Waals surface area contributed by atoms with Crippen molar-refractivity contribution in [2.45, 2.75) is 12.8 Å². The molecule has 0 atom stereocenters. The van der Waals surface area contributed by atoms with E-state index in [4.69, 9.17) is 27.9 Å². The molecule has 5 nitrogen and oxygen atoms in total. The summed E-state index contributed by atoms with van der Waals surface area (Å²) in [5.74, 6) is 0.199. The molecule has 2 aliphatic rings. The summed E-state index contributed by atoms with van der Waals surface area (Å²) in [6, 6.07) is 4.83. The highest BCUT2D eigenvalue weighted by Gasteiger charge is 2.28. The Morgan fingerprint density at radius 3 is 2.25 bits per heavy atom. The second kappa shape index (κ2) is 7.45. The Morgan fingerprint density at radius 1 is 1.00 bits per heavy atom. The highest BCUT2D eigenvalue weighted by Crippen LogP contribution is 2.23. The first-order chi connectivity index (χ1) is 11.6. The lowest BCUT2D eigenvalue weighted by Gasteiger charge is -2.35. The molecule has 0 unspecified atom stereocenters. The van der Waals surface area contributed by atoms with Crippen LogP contribution in [0.25, 0.3) is 0 Å². The van der Waals surface area contributed by atoms with Crippen LogP contribution in [0.1, 0.15) is 23.2 Å². The van der Waals surface area contributed by atoms with Crippen molar-refractivity contribution >= 4 is 35.0 Å². The second-order valence-electron chi connectivity index (χ2n) is 5.77. The molecule has 7 heteroatoms. The minimum Gasteiger partial charge on any atom is -0.488 e. The number of allylic oxidation sites excluding steroid dienone is 1. The van der Waals surface area contributed by atoms with Gasteiger partial charge < -0.3 is 14.5 Å². The van der Waals surface area contributed by atoms with Crippen LogP contribution in [-0.4, -0.2) is 54.4 Å². The number of rotatable bonds is 2. The van der Waals surface area contributed by atoms with Crippen LogP contribution in [0.2, 0.25) is 10.0 Å². The second-order valence-corrected chi connectivity index (χ2v) is 6.61. The lowest BCUT2D eigenvalue weighted by atomic mass is 10.1. The first-order valence-electron chi connectivity index (χ1n) is 7.93. The third-order valence-corrected chi connectivity index (χ3v) is 4.71. The molecule has 128 valence electrons. The lowest BCUT2D eigenvalue weighted by Crippen LogP contribution is -2.51. The summed E-state index contributed by atoms with van der Waals surface area (Å²) in [6.45, 7) is 2.49. The molecular formula is C17H18Cl2N2O3. The maximum absolute atomic E-state index is 12.6. The Bertz CT molecular complexity index is 682. The van der Waals surface area contributed by atoms with Gasteiger partial charge in [-0.15, -0.1) is 0 Å². The zero-order valence-corrected chi connectivity index (χ0v) is 14.6. The standard InChI is InChI=1S/C17H18Cl2N2O3/c18-12-4-5-13(14(19)11-12)16(22)20-6-8-21(9-7-20)17(23)15-3-1-2-10-24-15/h3-5,11H,1-2,6-10H2. The van der Waals surface area contributed by atoms with Crippen LogP contribution in [-0.2, 0) is 9.53 Å². The number of carbonyl (C=O) groups is 2. The van der Waals surface area contributed by atoms with E-state index in [2.05, 4.69) is 0 Å². The lowest BCUT2D eigenvalue weighted by molar-refractivity contribution is -0.132. The van der Waals surface area contributed by atoms with Crippen molar-refractivity contribution in [3.05, 3.63) is 45.6 Å². The average Bonchev–Trinajstić information content (AvgIpc) is 2.61. The highest BCUT2D eigenvalue weighted by atomic mass is 35.5. The van der Waals surface area contributed by atoms with Gasteiger partial charge in [-0.3, -0.25) is 9.59 Å². The van der Waals surface area contributed by atoms with Crippen LogP contribution >= 0.6 is 23.2 Å². The normalized spacial score (nSPS) is 18.0. The van der Waals surface area contributed by atoms with Crippen molar-refractivity contribution in [1.29, 1.82) is 0 Å². The number of piperazine rings is 1. The Morgan fingerprint density at radius 2 is 1.67 bits per heavy atom. The van der Waals surface area contributed by atoms with Crippen LogP contribution in [0.15, 0.2) is 30.0 Å². The van der Waals surface area contributed by atoms with E-state index >= 15 is 0 Å². The van der Waals surface area contributed by atoms with Crippen molar-refractivity contribution in [2.24, 2.45) is 0 Å². The molecule has 2 heterocycles. The average molecular weight is 369 g/mol. The Hall–Kier alpha value is -1.72. The largest absolute Gasteiger partial charge is 0.488 e. The van der Waals surface area contributed by atoms with E-state index in [-0.39, 0.29) is 11.8 Å². The summed E-state index contributed by atoms with van der Waals surface area (Å²) in [6.07, 6.45) is 3.66. The van der Waals surface area contributed by atoms with Crippen molar-refractivity contribution in [2.75, 3.05) is 32.8 Å². The fourth-order valence-electron chi connectivity index (χ4n) is 2.81. The summed E-state index contributed by atoms with van der Waals surface area (Å²) in [4.78, 5) is 28.4. The summed E-state index contributed by atoms with van der Waals surface area (Å²) >= 11 is 12.0. The van der Waals surface area contributed by atoms with Crippen molar-refractivity contribution in [3.63, 3.8) is 0 Å². The number of nitrogens with zero attached hydrogens (tertiary/aromatic N) is 2. The minimum absolute atomic E-state index is 0.0914. The van der Waals surface area contributed by atoms with Gasteiger partial charge in [-0.05, 0) is 37.1 Å². The van der Waals surface area contributed by atoms with E-state index in [9.17, 15) is 9.59 Å². The molecule has 3 rings (SSSR count). The molecule has 1 fully saturated rings. The molecule has 0 saturated carbocycles. The van der Waals surface area contributed by atoms with Crippen LogP contribution in [0.3, 0.4) is 0 Å². The summed E-state index contributed by atoms with van der Waals surface area (Å²) in [5.41, 5.74) is 0.430. The Balaban J connectivity index is 1.61. The van der Waals surface area contributed by atoms with Crippen LogP contribution in [0.4, 0.5) is 0 Å². The van der Waals surface area contributed by atoms with E-state index in [1.54, 1.807) is 28.0 Å². The molecule has 1 aromatic rings. The van der Waals surface area contributed by atoms with Gasteiger partial charge in [0.25, 0.3) is 11.8 Å². The van der Waals surface area contributed by atoms with Gasteiger partial charge in [-0.25, -0.2) is 0 Å². The maximum atomic E-state index is 12.6. The van der Waals surface area contributed by atoms with Gasteiger partial charge >= 0.3 is 0 Å². The maximum Gasteiger partial charge on any atom is 0.288 e. The zero-order valence-electron chi connectivity index (χ0n) is 13.1. The molecule has 0 N–H and O–H groups in total. The number of benzene rings is 1. The monoisotopic (exact) mass is 368 g/mol. The first kappa shape index (κ1) is 17.1. The number of carbonyl (C=O) groups excluding carboxylic acids is 2. The van der Waals surface area contributed by atoms with Gasteiger partial charge in [-0.2, -0.15) is 0 Å². The van der Waals surface area contributed by atoms with Crippen molar-refractivity contribution < 1.29 is 14.3 Å². The molecule has 0 aliphatic carbocycles. The van der Waals surface area contributed by atoms with Gasteiger partial charge in [0.05, 0.1) is 17.2 Å². The zero-order chi connectivity index (χ0) is 17.1. The molecule has 2 amide bonds. The van der Waals surface area contributed by atoms with Gasteiger partial charge in [0.1, 0.15) is 0 Å². The molecule has 0 bridgehead atoms. The summed E-state index contributed by atoms with van der Waals surface area (Å²) < 4.78 is 5.42. The quantitative estimate of drug-likeness (QED) is 0.806. The van der Waals surface area contributed by atoms with Crippen LogP contribution < -0.4 is 0 Å². The summed E-state index contributed by atoms with van der Waals surface area (Å²) in [5, 5.41) is 0.833. The predicted molar refractivity (Wildman–Crippen MR) is 92.2 cm³/mol. The fourth-order valence-corrected chi connectivity index (χ4v) is 3.30. The molecular weight excluding hydrogens is 351 g/mol. The predicted octanol–water partition coefficient (Wildman–Crippen LogP) is 2.97. The van der Waals surface area contributed by atoms with Gasteiger partial charge in [-0.1, -0.05) is 23.2 Å². The van der Waals surface area contributed by atoms with Crippen LogP contribution in [0.5, 0.6) is 0 Å². The topological polar surface area (TPSA) is 49.9 Å². The minimum atomic E-state index is -0.142. The molecule has 24 heavy (non-hydrogen) atoms. The molecule has 0 radical (unpaired) electrons. The smallest absolute Gasteiger partial charge is 0.288 e. The molecule has 2 aliphatic heterocycles. The third kappa shape index (κ3) is 3.68. The fraction of sp³-hybridized carbons (Fsp3) is 0.412. The van der Waals surface area contributed by atoms with E-state index in [0.717, 1.165) is 12.8 Å². The summed E-state index contributed by atoms with van der Waals surface area (Å²) in [7, 11) is 0. The van der Waals surface area contributed by atoms with E-state index in [1.807, 2.05) is 6.08 Å².